The largest absolute Gasteiger partial charge is 0.496 e. The van der Waals surface area contributed by atoms with Crippen molar-refractivity contribution in [2.75, 3.05) is 20.3 Å². The van der Waals surface area contributed by atoms with Crippen LogP contribution < -0.4 is 10.1 Å². The molecule has 0 saturated carbocycles. The van der Waals surface area contributed by atoms with E-state index in [4.69, 9.17) is 14.2 Å². The molecule has 0 spiro atoms. The minimum absolute atomic E-state index is 0.207. The van der Waals surface area contributed by atoms with Crippen molar-refractivity contribution < 1.29 is 23.8 Å². The predicted molar refractivity (Wildman–Crippen MR) is 111 cm³/mol. The van der Waals surface area contributed by atoms with Gasteiger partial charge in [-0.25, -0.2) is 4.79 Å². The molecule has 0 bridgehead atoms. The number of ether oxygens (including phenoxy) is 3. The average molecular weight is 399 g/mol. The SMILES string of the molecule is CCOC(=O)[C@H](Cc1ccccc1OC)NC(=O)CCCOCc1ccccc1. The Kier molecular flexibility index (Phi) is 9.72. The van der Waals surface area contributed by atoms with Crippen molar-refractivity contribution in [3.05, 3.63) is 65.7 Å². The van der Waals surface area contributed by atoms with Crippen LogP contribution in [-0.4, -0.2) is 38.2 Å². The smallest absolute Gasteiger partial charge is 0.328 e. The molecule has 0 radical (unpaired) electrons. The molecular formula is C23H29NO5. The Bertz CT molecular complexity index is 763. The van der Waals surface area contributed by atoms with Crippen LogP contribution in [0.5, 0.6) is 5.75 Å². The van der Waals surface area contributed by atoms with Gasteiger partial charge in [-0.3, -0.25) is 4.79 Å². The van der Waals surface area contributed by atoms with Gasteiger partial charge in [0.25, 0.3) is 0 Å². The van der Waals surface area contributed by atoms with Crippen LogP contribution in [0.1, 0.15) is 30.9 Å². The summed E-state index contributed by atoms with van der Waals surface area (Å²) in [6.45, 7) is 2.98. The van der Waals surface area contributed by atoms with E-state index in [2.05, 4.69) is 5.32 Å². The Morgan fingerprint density at radius 1 is 1.03 bits per heavy atom. The molecule has 29 heavy (non-hydrogen) atoms. The molecule has 2 rings (SSSR count). The van der Waals surface area contributed by atoms with Gasteiger partial charge < -0.3 is 19.5 Å². The van der Waals surface area contributed by atoms with Crippen molar-refractivity contribution in [2.24, 2.45) is 0 Å². The number of hydrogen-bond acceptors (Lipinski definition) is 5. The zero-order valence-electron chi connectivity index (χ0n) is 17.1. The first-order valence-electron chi connectivity index (χ1n) is 9.83. The molecule has 156 valence electrons. The second-order valence-corrected chi connectivity index (χ2v) is 6.53. The number of carbonyl (C=O) groups excluding carboxylic acids is 2. The third-order valence-corrected chi connectivity index (χ3v) is 4.33. The maximum Gasteiger partial charge on any atom is 0.328 e. The van der Waals surface area contributed by atoms with Gasteiger partial charge in [0.15, 0.2) is 0 Å². The maximum absolute atomic E-state index is 12.3. The lowest BCUT2D eigenvalue weighted by Gasteiger charge is -2.18. The zero-order valence-corrected chi connectivity index (χ0v) is 17.1. The highest BCUT2D eigenvalue weighted by molar-refractivity contribution is 5.84. The highest BCUT2D eigenvalue weighted by atomic mass is 16.5. The van der Waals surface area contributed by atoms with Crippen molar-refractivity contribution in [3.63, 3.8) is 0 Å². The Hall–Kier alpha value is -2.86. The Balaban J connectivity index is 1.82. The fourth-order valence-electron chi connectivity index (χ4n) is 2.89. The summed E-state index contributed by atoms with van der Waals surface area (Å²) >= 11 is 0. The summed E-state index contributed by atoms with van der Waals surface area (Å²) in [6, 6.07) is 16.5. The number of carbonyl (C=O) groups is 2. The van der Waals surface area contributed by atoms with E-state index in [-0.39, 0.29) is 18.9 Å². The lowest BCUT2D eigenvalue weighted by molar-refractivity contribution is -0.147. The molecular weight excluding hydrogens is 370 g/mol. The summed E-state index contributed by atoms with van der Waals surface area (Å²) in [5, 5.41) is 2.79. The van der Waals surface area contributed by atoms with Crippen LogP contribution in [0.15, 0.2) is 54.6 Å². The van der Waals surface area contributed by atoms with Gasteiger partial charge in [-0.1, -0.05) is 48.5 Å². The molecule has 0 saturated heterocycles. The van der Waals surface area contributed by atoms with Crippen LogP contribution >= 0.6 is 0 Å². The first-order valence-corrected chi connectivity index (χ1v) is 9.83. The highest BCUT2D eigenvalue weighted by Gasteiger charge is 2.23. The first-order chi connectivity index (χ1) is 14.1. The molecule has 0 fully saturated rings. The van der Waals surface area contributed by atoms with Gasteiger partial charge in [0.05, 0.1) is 20.3 Å². The van der Waals surface area contributed by atoms with E-state index in [0.29, 0.717) is 31.8 Å². The number of rotatable bonds is 12. The summed E-state index contributed by atoms with van der Waals surface area (Å²) in [5.41, 5.74) is 1.93. The molecule has 6 nitrogen and oxygen atoms in total. The average Bonchev–Trinajstić information content (AvgIpc) is 2.74. The summed E-state index contributed by atoms with van der Waals surface area (Å²) in [4.78, 5) is 24.6. The van der Waals surface area contributed by atoms with Crippen molar-refractivity contribution in [2.45, 2.75) is 38.8 Å². The molecule has 0 aliphatic rings. The first kappa shape index (κ1) is 22.4. The van der Waals surface area contributed by atoms with Crippen molar-refractivity contribution in [3.8, 4) is 5.75 Å². The summed E-state index contributed by atoms with van der Waals surface area (Å²) in [7, 11) is 1.58. The van der Waals surface area contributed by atoms with Gasteiger partial charge in [0.2, 0.25) is 5.91 Å². The summed E-state index contributed by atoms with van der Waals surface area (Å²) in [6.07, 6.45) is 1.15. The third-order valence-electron chi connectivity index (χ3n) is 4.33. The van der Waals surface area contributed by atoms with Gasteiger partial charge in [-0.05, 0) is 30.5 Å². The Labute approximate surface area is 172 Å². The Morgan fingerprint density at radius 3 is 2.48 bits per heavy atom. The molecule has 1 atom stereocenters. The standard InChI is InChI=1S/C23H29NO5/c1-3-29-23(26)20(16-19-12-7-8-13-21(19)27-2)24-22(25)14-9-15-28-17-18-10-5-4-6-11-18/h4-8,10-13,20H,3,9,14-17H2,1-2H3,(H,24,25)/t20-/m0/s1. The topological polar surface area (TPSA) is 73.9 Å². The molecule has 0 aliphatic carbocycles. The quantitative estimate of drug-likeness (QED) is 0.438. The van der Waals surface area contributed by atoms with Crippen LogP contribution in [0.2, 0.25) is 0 Å². The number of methoxy groups -OCH3 is 1. The lowest BCUT2D eigenvalue weighted by Crippen LogP contribution is -2.43. The lowest BCUT2D eigenvalue weighted by atomic mass is 10.0. The number of para-hydroxylation sites is 1. The fourth-order valence-corrected chi connectivity index (χ4v) is 2.89. The van der Waals surface area contributed by atoms with Gasteiger partial charge in [0, 0.05) is 19.4 Å². The van der Waals surface area contributed by atoms with E-state index in [1.807, 2.05) is 54.6 Å². The van der Waals surface area contributed by atoms with E-state index >= 15 is 0 Å². The number of benzene rings is 2. The molecule has 0 aliphatic heterocycles. The molecule has 1 amide bonds. The number of nitrogens with one attached hydrogen (secondary N) is 1. The molecule has 1 N–H and O–H groups in total. The van der Waals surface area contributed by atoms with Crippen molar-refractivity contribution >= 4 is 11.9 Å². The number of amides is 1. The van der Waals surface area contributed by atoms with Gasteiger partial charge in [-0.2, -0.15) is 0 Å². The fraction of sp³-hybridized carbons (Fsp3) is 0.391. The zero-order chi connectivity index (χ0) is 20.9. The molecule has 0 heterocycles. The minimum atomic E-state index is -0.760. The van der Waals surface area contributed by atoms with Crippen LogP contribution in [0, 0.1) is 0 Å². The predicted octanol–water partition coefficient (Wildman–Crippen LogP) is 3.28. The van der Waals surface area contributed by atoms with Crippen LogP contribution in [0.4, 0.5) is 0 Å². The second kappa shape index (κ2) is 12.6. The third kappa shape index (κ3) is 7.95. The molecule has 2 aromatic carbocycles. The molecule has 2 aromatic rings. The molecule has 0 unspecified atom stereocenters. The maximum atomic E-state index is 12.3. The van der Waals surface area contributed by atoms with Crippen LogP contribution in [0.25, 0.3) is 0 Å². The summed E-state index contributed by atoms with van der Waals surface area (Å²) in [5.74, 6) is 0.0127. The van der Waals surface area contributed by atoms with Crippen LogP contribution in [-0.2, 0) is 32.1 Å². The molecule has 6 heteroatoms. The monoisotopic (exact) mass is 399 g/mol. The van der Waals surface area contributed by atoms with Gasteiger partial charge in [0.1, 0.15) is 11.8 Å². The van der Waals surface area contributed by atoms with Crippen molar-refractivity contribution in [1.82, 2.24) is 5.32 Å². The van der Waals surface area contributed by atoms with Gasteiger partial charge >= 0.3 is 5.97 Å². The van der Waals surface area contributed by atoms with Crippen LogP contribution in [0.3, 0.4) is 0 Å². The highest BCUT2D eigenvalue weighted by Crippen LogP contribution is 2.19. The number of hydrogen-bond donors (Lipinski definition) is 1. The number of esters is 1. The second-order valence-electron chi connectivity index (χ2n) is 6.53. The van der Waals surface area contributed by atoms with E-state index in [9.17, 15) is 9.59 Å². The summed E-state index contributed by atoms with van der Waals surface area (Å²) < 4.78 is 16.1. The minimum Gasteiger partial charge on any atom is -0.496 e. The van der Waals surface area contributed by atoms with E-state index in [1.165, 1.54) is 0 Å². The molecule has 0 aromatic heterocycles. The Morgan fingerprint density at radius 2 is 1.76 bits per heavy atom. The normalized spacial score (nSPS) is 11.5. The van der Waals surface area contributed by atoms with E-state index in [1.54, 1.807) is 14.0 Å². The van der Waals surface area contributed by atoms with E-state index in [0.717, 1.165) is 11.1 Å². The van der Waals surface area contributed by atoms with E-state index < -0.39 is 12.0 Å². The van der Waals surface area contributed by atoms with Gasteiger partial charge in [-0.15, -0.1) is 0 Å². The van der Waals surface area contributed by atoms with Crippen molar-refractivity contribution in [1.29, 1.82) is 0 Å².